The molecule has 1 N–H and O–H groups in total. The van der Waals surface area contributed by atoms with Crippen LogP contribution in [0.3, 0.4) is 0 Å². The minimum absolute atomic E-state index is 0.229. The number of ether oxygens (including phenoxy) is 2. The van der Waals surface area contributed by atoms with Crippen LogP contribution < -0.4 is 0 Å². The quantitative estimate of drug-likeness (QED) is 0.226. The molecule has 0 unspecified atom stereocenters. The first-order chi connectivity index (χ1) is 15.1. The highest BCUT2D eigenvalue weighted by atomic mass is 16.5. The van der Waals surface area contributed by atoms with Gasteiger partial charge in [-0.15, -0.1) is 0 Å². The maximum absolute atomic E-state index is 12.2. The molecule has 0 aliphatic rings. The van der Waals surface area contributed by atoms with Crippen LogP contribution in [-0.2, 0) is 14.3 Å². The van der Waals surface area contributed by atoms with Crippen LogP contribution in [-0.4, -0.2) is 30.3 Å². The van der Waals surface area contributed by atoms with Gasteiger partial charge in [-0.2, -0.15) is 0 Å². The largest absolute Gasteiger partial charge is 0.508 e. The first-order valence-electron chi connectivity index (χ1n) is 11.0. The SMILES string of the molecule is C=CC(=O)OCCCCCCCCCCOC(=O)c1ccc(-c2ccc(O)cc2)cc1. The van der Waals surface area contributed by atoms with E-state index in [-0.39, 0.29) is 17.7 Å². The minimum Gasteiger partial charge on any atom is -0.508 e. The molecule has 0 aliphatic carbocycles. The molecule has 5 heteroatoms. The third kappa shape index (κ3) is 9.51. The van der Waals surface area contributed by atoms with E-state index in [1.807, 2.05) is 24.3 Å². The number of hydrogen-bond donors (Lipinski definition) is 1. The third-order valence-electron chi connectivity index (χ3n) is 5.00. The monoisotopic (exact) mass is 424 g/mol. The Morgan fingerprint density at radius 1 is 0.710 bits per heavy atom. The summed E-state index contributed by atoms with van der Waals surface area (Å²) in [6, 6.07) is 14.3. The number of carbonyl (C=O) groups excluding carboxylic acids is 2. The molecule has 2 aromatic carbocycles. The van der Waals surface area contributed by atoms with Gasteiger partial charge in [-0.25, -0.2) is 9.59 Å². The van der Waals surface area contributed by atoms with E-state index in [1.54, 1.807) is 24.3 Å². The predicted molar refractivity (Wildman–Crippen MR) is 122 cm³/mol. The molecule has 2 rings (SSSR count). The number of rotatable bonds is 14. The van der Waals surface area contributed by atoms with E-state index < -0.39 is 0 Å². The van der Waals surface area contributed by atoms with Crippen molar-refractivity contribution in [2.75, 3.05) is 13.2 Å². The standard InChI is InChI=1S/C26H32O5/c1-2-25(28)30-19-9-7-5-3-4-6-8-10-20-31-26(29)23-13-11-21(12-14-23)22-15-17-24(27)18-16-22/h2,11-18,27H,1,3-10,19-20H2. The molecule has 0 amide bonds. The smallest absolute Gasteiger partial charge is 0.338 e. The van der Waals surface area contributed by atoms with Crippen LogP contribution in [0.1, 0.15) is 61.7 Å². The number of hydrogen-bond acceptors (Lipinski definition) is 5. The maximum atomic E-state index is 12.2. The maximum Gasteiger partial charge on any atom is 0.338 e. The molecule has 0 radical (unpaired) electrons. The van der Waals surface area contributed by atoms with Crippen LogP contribution in [0.25, 0.3) is 11.1 Å². The second-order valence-electron chi connectivity index (χ2n) is 7.46. The summed E-state index contributed by atoms with van der Waals surface area (Å²) in [5.74, 6) is -0.422. The molecule has 0 heterocycles. The summed E-state index contributed by atoms with van der Waals surface area (Å²) in [5.41, 5.74) is 2.50. The fraction of sp³-hybridized carbons (Fsp3) is 0.385. The van der Waals surface area contributed by atoms with Gasteiger partial charge in [-0.05, 0) is 48.2 Å². The van der Waals surface area contributed by atoms with E-state index in [1.165, 1.54) is 18.9 Å². The average Bonchev–Trinajstić information content (AvgIpc) is 2.80. The van der Waals surface area contributed by atoms with Gasteiger partial charge in [-0.1, -0.05) is 69.4 Å². The summed E-state index contributed by atoms with van der Waals surface area (Å²) in [5, 5.41) is 9.37. The Morgan fingerprint density at radius 3 is 1.68 bits per heavy atom. The van der Waals surface area contributed by atoms with Crippen molar-refractivity contribution in [3.8, 4) is 16.9 Å². The van der Waals surface area contributed by atoms with Gasteiger partial charge in [0.05, 0.1) is 18.8 Å². The Bertz CT molecular complexity index is 809. The zero-order valence-electron chi connectivity index (χ0n) is 18.1. The molecule has 0 saturated heterocycles. The van der Waals surface area contributed by atoms with Crippen molar-refractivity contribution in [2.45, 2.75) is 51.4 Å². The lowest BCUT2D eigenvalue weighted by Gasteiger charge is -2.07. The zero-order valence-corrected chi connectivity index (χ0v) is 18.1. The Hall–Kier alpha value is -3.08. The van der Waals surface area contributed by atoms with Gasteiger partial charge >= 0.3 is 11.9 Å². The van der Waals surface area contributed by atoms with Crippen molar-refractivity contribution in [2.24, 2.45) is 0 Å². The number of esters is 2. The molecular weight excluding hydrogens is 392 g/mol. The Balaban J connectivity index is 1.51. The van der Waals surface area contributed by atoms with Crippen molar-refractivity contribution >= 4 is 11.9 Å². The zero-order chi connectivity index (χ0) is 22.3. The third-order valence-corrected chi connectivity index (χ3v) is 5.00. The molecule has 2 aromatic rings. The predicted octanol–water partition coefficient (Wildman–Crippen LogP) is 6.07. The highest BCUT2D eigenvalue weighted by molar-refractivity contribution is 5.90. The first kappa shape index (κ1) is 24.2. The second-order valence-corrected chi connectivity index (χ2v) is 7.46. The number of unbranched alkanes of at least 4 members (excludes halogenated alkanes) is 7. The summed E-state index contributed by atoms with van der Waals surface area (Å²) in [6.07, 6.45) is 9.66. The van der Waals surface area contributed by atoms with Gasteiger partial charge in [0.2, 0.25) is 0 Å². The first-order valence-corrected chi connectivity index (χ1v) is 11.0. The van der Waals surface area contributed by atoms with E-state index in [0.29, 0.717) is 18.8 Å². The topological polar surface area (TPSA) is 72.8 Å². The normalized spacial score (nSPS) is 10.5. The van der Waals surface area contributed by atoms with E-state index in [2.05, 4.69) is 6.58 Å². The molecule has 5 nitrogen and oxygen atoms in total. The van der Waals surface area contributed by atoms with Crippen LogP contribution in [0.5, 0.6) is 5.75 Å². The van der Waals surface area contributed by atoms with Crippen molar-refractivity contribution in [3.05, 3.63) is 66.7 Å². The van der Waals surface area contributed by atoms with Gasteiger partial charge in [0.15, 0.2) is 0 Å². The van der Waals surface area contributed by atoms with Crippen molar-refractivity contribution in [1.82, 2.24) is 0 Å². The fourth-order valence-electron chi connectivity index (χ4n) is 3.20. The van der Waals surface area contributed by atoms with Gasteiger partial charge in [0.1, 0.15) is 5.75 Å². The minimum atomic E-state index is -0.355. The van der Waals surface area contributed by atoms with Gasteiger partial charge in [0, 0.05) is 6.08 Å². The molecule has 0 atom stereocenters. The fourth-order valence-corrected chi connectivity index (χ4v) is 3.20. The Labute approximate surface area is 184 Å². The van der Waals surface area contributed by atoms with Crippen LogP contribution in [0, 0.1) is 0 Å². The van der Waals surface area contributed by atoms with Crippen LogP contribution in [0.15, 0.2) is 61.2 Å². The van der Waals surface area contributed by atoms with Crippen molar-refractivity contribution in [3.63, 3.8) is 0 Å². The van der Waals surface area contributed by atoms with Crippen LogP contribution in [0.2, 0.25) is 0 Å². The summed E-state index contributed by atoms with van der Waals surface area (Å²) in [4.78, 5) is 23.1. The highest BCUT2D eigenvalue weighted by Gasteiger charge is 2.07. The van der Waals surface area contributed by atoms with E-state index in [4.69, 9.17) is 9.47 Å². The van der Waals surface area contributed by atoms with Gasteiger partial charge in [0.25, 0.3) is 0 Å². The van der Waals surface area contributed by atoms with Crippen molar-refractivity contribution < 1.29 is 24.2 Å². The lowest BCUT2D eigenvalue weighted by molar-refractivity contribution is -0.137. The van der Waals surface area contributed by atoms with E-state index in [0.717, 1.165) is 49.7 Å². The number of aromatic hydroxyl groups is 1. The number of benzene rings is 2. The molecule has 0 fully saturated rings. The number of phenolic OH excluding ortho intramolecular Hbond substituents is 1. The average molecular weight is 425 g/mol. The van der Waals surface area contributed by atoms with Crippen LogP contribution >= 0.6 is 0 Å². The highest BCUT2D eigenvalue weighted by Crippen LogP contribution is 2.22. The molecule has 0 bridgehead atoms. The molecule has 31 heavy (non-hydrogen) atoms. The van der Waals surface area contributed by atoms with Crippen molar-refractivity contribution in [1.29, 1.82) is 0 Å². The summed E-state index contributed by atoms with van der Waals surface area (Å²) in [7, 11) is 0. The molecule has 0 spiro atoms. The molecule has 0 saturated carbocycles. The van der Waals surface area contributed by atoms with E-state index in [9.17, 15) is 14.7 Å². The van der Waals surface area contributed by atoms with Gasteiger partial charge < -0.3 is 14.6 Å². The number of phenols is 1. The molecule has 0 aliphatic heterocycles. The second kappa shape index (κ2) is 14.0. The summed E-state index contributed by atoms with van der Waals surface area (Å²) in [6.45, 7) is 4.27. The lowest BCUT2D eigenvalue weighted by atomic mass is 10.0. The number of carbonyl (C=O) groups is 2. The van der Waals surface area contributed by atoms with Crippen LogP contribution in [0.4, 0.5) is 0 Å². The Kier molecular flexibility index (Phi) is 10.9. The Morgan fingerprint density at radius 2 is 1.16 bits per heavy atom. The summed E-state index contributed by atoms with van der Waals surface area (Å²) < 4.78 is 10.3. The molecular formula is C26H32O5. The lowest BCUT2D eigenvalue weighted by Crippen LogP contribution is -2.06. The molecule has 166 valence electrons. The molecule has 0 aromatic heterocycles. The summed E-state index contributed by atoms with van der Waals surface area (Å²) >= 11 is 0. The van der Waals surface area contributed by atoms with Gasteiger partial charge in [-0.3, -0.25) is 0 Å². The van der Waals surface area contributed by atoms with E-state index >= 15 is 0 Å².